The summed E-state index contributed by atoms with van der Waals surface area (Å²) >= 11 is 0. The number of rotatable bonds is 2. The fourth-order valence-electron chi connectivity index (χ4n) is 2.72. The molecule has 1 fully saturated rings. The maximum atomic E-state index is 12.4. The Morgan fingerprint density at radius 1 is 1.27 bits per heavy atom. The second-order valence-corrected chi connectivity index (χ2v) is 5.84. The molecular weight excluding hydrogens is 282 g/mol. The highest BCUT2D eigenvalue weighted by Gasteiger charge is 2.20. The molecule has 118 valence electrons. The topological polar surface area (TPSA) is 61.9 Å². The Labute approximate surface area is 130 Å². The lowest BCUT2D eigenvalue weighted by Crippen LogP contribution is -2.47. The van der Waals surface area contributed by atoms with E-state index in [1.807, 2.05) is 23.1 Å². The van der Waals surface area contributed by atoms with E-state index in [9.17, 15) is 9.59 Å². The third kappa shape index (κ3) is 3.39. The van der Waals surface area contributed by atoms with Crippen LogP contribution in [0.1, 0.15) is 12.0 Å². The first-order valence-corrected chi connectivity index (χ1v) is 7.64. The zero-order valence-electron chi connectivity index (χ0n) is 12.8. The zero-order chi connectivity index (χ0) is 15.5. The van der Waals surface area contributed by atoms with Crippen molar-refractivity contribution >= 4 is 17.5 Å². The predicted molar refractivity (Wildman–Crippen MR) is 83.0 cm³/mol. The maximum Gasteiger partial charge on any atom is 0.227 e. The maximum absolute atomic E-state index is 12.4. The van der Waals surface area contributed by atoms with Crippen LogP contribution in [-0.2, 0) is 16.0 Å². The quantitative estimate of drug-likeness (QED) is 0.875. The van der Waals surface area contributed by atoms with Gasteiger partial charge in [0.25, 0.3) is 0 Å². The Morgan fingerprint density at radius 2 is 2.05 bits per heavy atom. The highest BCUT2D eigenvalue weighted by atomic mass is 16.5. The Hall–Kier alpha value is -2.08. The number of carbonyl (C=O) groups is 2. The van der Waals surface area contributed by atoms with Crippen LogP contribution in [0.5, 0.6) is 5.75 Å². The van der Waals surface area contributed by atoms with E-state index in [1.54, 1.807) is 0 Å². The minimum Gasteiger partial charge on any atom is -0.491 e. The Bertz CT molecular complexity index is 580. The number of likely N-dealkylation sites (N-methyl/N-ethyl adjacent to an activating group) is 1. The van der Waals surface area contributed by atoms with Gasteiger partial charge >= 0.3 is 0 Å². The van der Waals surface area contributed by atoms with E-state index in [1.165, 1.54) is 0 Å². The summed E-state index contributed by atoms with van der Waals surface area (Å²) in [5, 5.41) is 2.83. The minimum atomic E-state index is -0.0544. The first-order valence-electron chi connectivity index (χ1n) is 7.64. The van der Waals surface area contributed by atoms with Crippen molar-refractivity contribution < 1.29 is 14.3 Å². The molecule has 0 atom stereocenters. The number of nitrogens with one attached hydrogen (secondary N) is 1. The number of piperazine rings is 1. The van der Waals surface area contributed by atoms with Gasteiger partial charge < -0.3 is 19.9 Å². The van der Waals surface area contributed by atoms with Crippen LogP contribution in [0, 0.1) is 0 Å². The van der Waals surface area contributed by atoms with Gasteiger partial charge in [-0.3, -0.25) is 9.59 Å². The molecule has 6 heteroatoms. The summed E-state index contributed by atoms with van der Waals surface area (Å²) in [6.45, 7) is 3.78. The van der Waals surface area contributed by atoms with Crippen LogP contribution in [0.4, 0.5) is 5.69 Å². The molecule has 6 nitrogen and oxygen atoms in total. The van der Waals surface area contributed by atoms with Gasteiger partial charge in [-0.05, 0) is 24.7 Å². The van der Waals surface area contributed by atoms with Crippen molar-refractivity contribution in [3.63, 3.8) is 0 Å². The molecular formula is C16H21N3O3. The van der Waals surface area contributed by atoms with Gasteiger partial charge in [0.2, 0.25) is 11.8 Å². The van der Waals surface area contributed by atoms with Gasteiger partial charge in [-0.1, -0.05) is 6.07 Å². The van der Waals surface area contributed by atoms with Gasteiger partial charge in [0.05, 0.1) is 25.1 Å². The summed E-state index contributed by atoms with van der Waals surface area (Å²) < 4.78 is 5.52. The van der Waals surface area contributed by atoms with E-state index >= 15 is 0 Å². The van der Waals surface area contributed by atoms with Crippen LogP contribution in [0.3, 0.4) is 0 Å². The van der Waals surface area contributed by atoms with Crippen molar-refractivity contribution in [1.29, 1.82) is 0 Å². The molecule has 2 aliphatic heterocycles. The SMILES string of the molecule is CN1CCN(C(=O)Cc2ccc3c(c2)NC(=O)CCO3)CC1. The zero-order valence-corrected chi connectivity index (χ0v) is 12.8. The first kappa shape index (κ1) is 14.8. The highest BCUT2D eigenvalue weighted by Crippen LogP contribution is 2.28. The Balaban J connectivity index is 1.68. The fraction of sp³-hybridized carbons (Fsp3) is 0.500. The van der Waals surface area contributed by atoms with E-state index in [-0.39, 0.29) is 11.8 Å². The van der Waals surface area contributed by atoms with Gasteiger partial charge in [-0.15, -0.1) is 0 Å². The Morgan fingerprint density at radius 3 is 2.82 bits per heavy atom. The summed E-state index contributed by atoms with van der Waals surface area (Å²) in [5.74, 6) is 0.747. The molecule has 3 rings (SSSR count). The highest BCUT2D eigenvalue weighted by molar-refractivity contribution is 5.93. The average Bonchev–Trinajstić information content (AvgIpc) is 2.68. The Kier molecular flexibility index (Phi) is 4.29. The number of hydrogen-bond donors (Lipinski definition) is 1. The van der Waals surface area contributed by atoms with Gasteiger partial charge in [0.15, 0.2) is 0 Å². The van der Waals surface area contributed by atoms with Crippen LogP contribution in [0.25, 0.3) is 0 Å². The van der Waals surface area contributed by atoms with Crippen LogP contribution >= 0.6 is 0 Å². The summed E-state index contributed by atoms with van der Waals surface area (Å²) in [6, 6.07) is 5.56. The number of fused-ring (bicyclic) bond motifs is 1. The van der Waals surface area contributed by atoms with Gasteiger partial charge in [0, 0.05) is 26.2 Å². The molecule has 2 aliphatic rings. The second kappa shape index (κ2) is 6.36. The van der Waals surface area contributed by atoms with E-state index in [4.69, 9.17) is 4.74 Å². The third-order valence-corrected chi connectivity index (χ3v) is 4.12. The molecule has 0 radical (unpaired) electrons. The van der Waals surface area contributed by atoms with E-state index < -0.39 is 0 Å². The first-order chi connectivity index (χ1) is 10.6. The number of anilines is 1. The fourth-order valence-corrected chi connectivity index (χ4v) is 2.72. The van der Waals surface area contributed by atoms with Crippen molar-refractivity contribution in [2.45, 2.75) is 12.8 Å². The van der Waals surface area contributed by atoms with Crippen molar-refractivity contribution in [2.75, 3.05) is 45.2 Å². The molecule has 0 unspecified atom stereocenters. The molecule has 2 heterocycles. The lowest BCUT2D eigenvalue weighted by molar-refractivity contribution is -0.132. The van der Waals surface area contributed by atoms with Crippen LogP contribution in [0.15, 0.2) is 18.2 Å². The molecule has 1 N–H and O–H groups in total. The summed E-state index contributed by atoms with van der Waals surface area (Å²) in [4.78, 5) is 28.1. The second-order valence-electron chi connectivity index (χ2n) is 5.84. The predicted octanol–water partition coefficient (Wildman–Crippen LogP) is 0.724. The minimum absolute atomic E-state index is 0.0544. The van der Waals surface area contributed by atoms with Crippen molar-refractivity contribution in [1.82, 2.24) is 9.80 Å². The van der Waals surface area contributed by atoms with E-state index in [0.29, 0.717) is 30.9 Å². The summed E-state index contributed by atoms with van der Waals surface area (Å²) in [6.07, 6.45) is 0.705. The normalized spacial score (nSPS) is 19.0. The summed E-state index contributed by atoms with van der Waals surface area (Å²) in [7, 11) is 2.07. The number of amides is 2. The van der Waals surface area contributed by atoms with E-state index in [2.05, 4.69) is 17.3 Å². The largest absolute Gasteiger partial charge is 0.491 e. The molecule has 2 amide bonds. The third-order valence-electron chi connectivity index (χ3n) is 4.12. The molecule has 0 spiro atoms. The molecule has 0 saturated carbocycles. The number of ether oxygens (including phenoxy) is 1. The average molecular weight is 303 g/mol. The number of carbonyl (C=O) groups excluding carboxylic acids is 2. The van der Waals surface area contributed by atoms with Gasteiger partial charge in [-0.25, -0.2) is 0 Å². The number of hydrogen-bond acceptors (Lipinski definition) is 4. The number of benzene rings is 1. The molecule has 0 aliphatic carbocycles. The van der Waals surface area contributed by atoms with Crippen LogP contribution in [0.2, 0.25) is 0 Å². The van der Waals surface area contributed by atoms with Crippen molar-refractivity contribution in [2.24, 2.45) is 0 Å². The molecule has 1 aromatic carbocycles. The molecule has 1 aromatic rings. The molecule has 0 aromatic heterocycles. The van der Waals surface area contributed by atoms with Crippen molar-refractivity contribution in [3.05, 3.63) is 23.8 Å². The smallest absolute Gasteiger partial charge is 0.227 e. The summed E-state index contributed by atoms with van der Waals surface area (Å²) in [5.41, 5.74) is 1.56. The molecule has 22 heavy (non-hydrogen) atoms. The standard InChI is InChI=1S/C16H21N3O3/c1-18-5-7-19(8-6-18)16(21)11-12-2-3-14-13(10-12)17-15(20)4-9-22-14/h2-3,10H,4-9,11H2,1H3,(H,17,20). The molecule has 0 bridgehead atoms. The van der Waals surface area contributed by atoms with Crippen molar-refractivity contribution in [3.8, 4) is 5.75 Å². The lowest BCUT2D eigenvalue weighted by Gasteiger charge is -2.32. The number of nitrogens with zero attached hydrogens (tertiary/aromatic N) is 2. The molecule has 1 saturated heterocycles. The van der Waals surface area contributed by atoms with E-state index in [0.717, 1.165) is 31.7 Å². The monoisotopic (exact) mass is 303 g/mol. The van der Waals surface area contributed by atoms with Gasteiger partial charge in [0.1, 0.15) is 5.75 Å². The van der Waals surface area contributed by atoms with Crippen LogP contribution in [-0.4, -0.2) is 61.4 Å². The van der Waals surface area contributed by atoms with Crippen LogP contribution < -0.4 is 10.1 Å². The lowest BCUT2D eigenvalue weighted by atomic mass is 10.1. The van der Waals surface area contributed by atoms with Gasteiger partial charge in [-0.2, -0.15) is 0 Å².